The molecular weight excluding hydrogens is 240 g/mol. The summed E-state index contributed by atoms with van der Waals surface area (Å²) in [5, 5.41) is 0. The first-order valence-electron chi connectivity index (χ1n) is 5.98. The lowest BCUT2D eigenvalue weighted by Crippen LogP contribution is -2.54. The highest BCUT2D eigenvalue weighted by Crippen LogP contribution is 2.27. The molecular formula is C12H25ClN2O2. The molecule has 1 saturated heterocycles. The minimum absolute atomic E-state index is 0. The highest BCUT2D eigenvalue weighted by atomic mass is 35.5. The molecule has 0 aliphatic carbocycles. The van der Waals surface area contributed by atoms with Gasteiger partial charge in [-0.2, -0.15) is 0 Å². The van der Waals surface area contributed by atoms with Crippen molar-refractivity contribution in [2.24, 2.45) is 11.1 Å². The van der Waals surface area contributed by atoms with Gasteiger partial charge < -0.3 is 15.4 Å². The maximum absolute atomic E-state index is 11.9. The molecule has 2 N–H and O–H groups in total. The number of likely N-dealkylation sites (tertiary alicyclic amines) is 1. The van der Waals surface area contributed by atoms with Gasteiger partial charge in [0.25, 0.3) is 0 Å². The van der Waals surface area contributed by atoms with E-state index in [1.807, 2.05) is 18.7 Å². The minimum atomic E-state index is 0. The first-order valence-corrected chi connectivity index (χ1v) is 5.98. The zero-order valence-electron chi connectivity index (χ0n) is 11.2. The third-order valence-electron chi connectivity index (χ3n) is 3.21. The Balaban J connectivity index is 0.00000256. The van der Waals surface area contributed by atoms with Gasteiger partial charge >= 0.3 is 0 Å². The van der Waals surface area contributed by atoms with E-state index in [9.17, 15) is 4.79 Å². The van der Waals surface area contributed by atoms with Crippen LogP contribution in [0.25, 0.3) is 0 Å². The van der Waals surface area contributed by atoms with Crippen LogP contribution in [0.15, 0.2) is 0 Å². The number of carbonyl (C=O) groups is 1. The van der Waals surface area contributed by atoms with Crippen LogP contribution in [0.2, 0.25) is 0 Å². The Morgan fingerprint density at radius 2 is 2.12 bits per heavy atom. The summed E-state index contributed by atoms with van der Waals surface area (Å²) < 4.78 is 5.33. The second-order valence-corrected chi connectivity index (χ2v) is 5.56. The van der Waals surface area contributed by atoms with Crippen LogP contribution in [0.1, 0.15) is 34.1 Å². The van der Waals surface area contributed by atoms with Crippen molar-refractivity contribution in [2.45, 2.75) is 46.3 Å². The Hall–Kier alpha value is -0.320. The highest BCUT2D eigenvalue weighted by Gasteiger charge is 2.35. The van der Waals surface area contributed by atoms with Crippen LogP contribution in [-0.4, -0.2) is 42.6 Å². The Kier molecular flexibility index (Phi) is 6.45. The smallest absolute Gasteiger partial charge is 0.248 e. The number of piperidine rings is 1. The lowest BCUT2D eigenvalue weighted by Gasteiger charge is -2.42. The van der Waals surface area contributed by atoms with Crippen LogP contribution in [0.4, 0.5) is 0 Å². The average Bonchev–Trinajstić information content (AvgIpc) is 2.18. The van der Waals surface area contributed by atoms with E-state index in [2.05, 4.69) is 13.8 Å². The molecule has 0 radical (unpaired) electrons. The van der Waals surface area contributed by atoms with Crippen LogP contribution < -0.4 is 5.73 Å². The molecule has 1 fully saturated rings. The number of nitrogens with two attached hydrogens (primary N) is 1. The monoisotopic (exact) mass is 264 g/mol. The van der Waals surface area contributed by atoms with E-state index >= 15 is 0 Å². The van der Waals surface area contributed by atoms with E-state index in [1.165, 1.54) is 0 Å². The second-order valence-electron chi connectivity index (χ2n) is 5.56. The zero-order valence-corrected chi connectivity index (χ0v) is 12.0. The maximum Gasteiger partial charge on any atom is 0.248 e. The van der Waals surface area contributed by atoms with E-state index in [4.69, 9.17) is 10.5 Å². The van der Waals surface area contributed by atoms with Crippen LogP contribution >= 0.6 is 12.4 Å². The normalized spacial score (nSPS) is 23.4. The van der Waals surface area contributed by atoms with Gasteiger partial charge in [-0.05, 0) is 25.7 Å². The summed E-state index contributed by atoms with van der Waals surface area (Å²) in [7, 11) is 0. The molecule has 0 aromatic carbocycles. The van der Waals surface area contributed by atoms with Gasteiger partial charge in [0, 0.05) is 19.1 Å². The molecule has 5 heteroatoms. The van der Waals surface area contributed by atoms with E-state index in [0.717, 1.165) is 19.5 Å². The van der Waals surface area contributed by atoms with Crippen molar-refractivity contribution < 1.29 is 9.53 Å². The SMILES string of the molecule is CC(C)OCC(=O)N1CCC(N)C(C)(C)C1.Cl. The molecule has 0 aromatic heterocycles. The molecule has 0 aromatic rings. The van der Waals surface area contributed by atoms with Crippen molar-refractivity contribution in [3.63, 3.8) is 0 Å². The molecule has 17 heavy (non-hydrogen) atoms. The summed E-state index contributed by atoms with van der Waals surface area (Å²) >= 11 is 0. The molecule has 0 bridgehead atoms. The number of carbonyl (C=O) groups excluding carboxylic acids is 1. The van der Waals surface area contributed by atoms with Crippen LogP contribution in [-0.2, 0) is 9.53 Å². The van der Waals surface area contributed by atoms with Gasteiger partial charge in [-0.1, -0.05) is 13.8 Å². The van der Waals surface area contributed by atoms with E-state index < -0.39 is 0 Å². The Morgan fingerprint density at radius 1 is 1.53 bits per heavy atom. The van der Waals surface area contributed by atoms with Crippen LogP contribution in [0.5, 0.6) is 0 Å². The summed E-state index contributed by atoms with van der Waals surface area (Å²) in [5.41, 5.74) is 6.03. The first-order chi connectivity index (χ1) is 7.33. The van der Waals surface area contributed by atoms with Crippen LogP contribution in [0, 0.1) is 5.41 Å². The fourth-order valence-corrected chi connectivity index (χ4v) is 1.92. The van der Waals surface area contributed by atoms with E-state index in [-0.39, 0.29) is 42.5 Å². The largest absolute Gasteiger partial charge is 0.369 e. The third-order valence-corrected chi connectivity index (χ3v) is 3.21. The van der Waals surface area contributed by atoms with Gasteiger partial charge in [0.15, 0.2) is 0 Å². The number of amides is 1. The summed E-state index contributed by atoms with van der Waals surface area (Å²) in [6, 6.07) is 0.183. The second kappa shape index (κ2) is 6.57. The number of nitrogens with zero attached hydrogens (tertiary/aromatic N) is 1. The molecule has 102 valence electrons. The van der Waals surface area contributed by atoms with Gasteiger partial charge in [0.05, 0.1) is 6.10 Å². The number of hydrogen-bond donors (Lipinski definition) is 1. The van der Waals surface area contributed by atoms with Crippen molar-refractivity contribution in [3.05, 3.63) is 0 Å². The molecule has 1 aliphatic heterocycles. The molecule has 4 nitrogen and oxygen atoms in total. The molecule has 0 saturated carbocycles. The van der Waals surface area contributed by atoms with Crippen molar-refractivity contribution in [3.8, 4) is 0 Å². The molecule has 0 spiro atoms. The van der Waals surface area contributed by atoms with Gasteiger partial charge in [0.1, 0.15) is 6.61 Å². The predicted octanol–water partition coefficient (Wildman–Crippen LogP) is 1.42. The number of ether oxygens (including phenoxy) is 1. The number of hydrogen-bond acceptors (Lipinski definition) is 3. The average molecular weight is 265 g/mol. The standard InChI is InChI=1S/C12H24N2O2.ClH/c1-9(2)16-7-11(15)14-6-5-10(13)12(3,4)8-14;/h9-10H,5-8,13H2,1-4H3;1H. The lowest BCUT2D eigenvalue weighted by molar-refractivity contribution is -0.141. The Bertz CT molecular complexity index is 257. The van der Waals surface area contributed by atoms with Gasteiger partial charge in [-0.3, -0.25) is 4.79 Å². The Morgan fingerprint density at radius 3 is 2.59 bits per heavy atom. The van der Waals surface area contributed by atoms with Crippen LogP contribution in [0.3, 0.4) is 0 Å². The fraction of sp³-hybridized carbons (Fsp3) is 0.917. The molecule has 1 unspecified atom stereocenters. The quantitative estimate of drug-likeness (QED) is 0.839. The number of halogens is 1. The third kappa shape index (κ3) is 4.82. The highest BCUT2D eigenvalue weighted by molar-refractivity contribution is 5.85. The van der Waals surface area contributed by atoms with Crippen molar-refractivity contribution in [1.82, 2.24) is 4.90 Å². The fourth-order valence-electron chi connectivity index (χ4n) is 1.92. The molecule has 1 atom stereocenters. The maximum atomic E-state index is 11.9. The van der Waals surface area contributed by atoms with Crippen molar-refractivity contribution >= 4 is 18.3 Å². The summed E-state index contributed by atoms with van der Waals surface area (Å²) in [4.78, 5) is 13.7. The predicted molar refractivity (Wildman–Crippen MR) is 71.3 cm³/mol. The molecule has 1 amide bonds. The molecule has 1 aliphatic rings. The first kappa shape index (κ1) is 16.7. The lowest BCUT2D eigenvalue weighted by atomic mass is 9.80. The van der Waals surface area contributed by atoms with Gasteiger partial charge in [-0.15, -0.1) is 12.4 Å². The topological polar surface area (TPSA) is 55.6 Å². The summed E-state index contributed by atoms with van der Waals surface area (Å²) in [6.45, 7) is 9.76. The van der Waals surface area contributed by atoms with Gasteiger partial charge in [-0.25, -0.2) is 0 Å². The van der Waals surface area contributed by atoms with Crippen molar-refractivity contribution in [1.29, 1.82) is 0 Å². The summed E-state index contributed by atoms with van der Waals surface area (Å²) in [6.07, 6.45) is 0.976. The molecule has 1 rings (SSSR count). The van der Waals surface area contributed by atoms with Gasteiger partial charge in [0.2, 0.25) is 5.91 Å². The zero-order chi connectivity index (χ0) is 12.3. The van der Waals surface area contributed by atoms with E-state index in [0.29, 0.717) is 0 Å². The van der Waals surface area contributed by atoms with Crippen molar-refractivity contribution in [2.75, 3.05) is 19.7 Å². The summed E-state index contributed by atoms with van der Waals surface area (Å²) in [5.74, 6) is 0.0775. The minimum Gasteiger partial charge on any atom is -0.369 e. The van der Waals surface area contributed by atoms with E-state index in [1.54, 1.807) is 0 Å². The molecule has 1 heterocycles. The number of rotatable bonds is 3. The Labute approximate surface area is 110 Å².